The number of hydrogen-bond donors (Lipinski definition) is 1. The first-order chi connectivity index (χ1) is 13.2. The van der Waals surface area contributed by atoms with Crippen LogP contribution in [0.2, 0.25) is 0 Å². The Morgan fingerprint density at radius 2 is 2.00 bits per heavy atom. The molecule has 0 aromatic rings. The summed E-state index contributed by atoms with van der Waals surface area (Å²) in [5.74, 6) is 4.76. The third kappa shape index (κ3) is 2.28. The first kappa shape index (κ1) is 18.6. The van der Waals surface area contributed by atoms with Gasteiger partial charge in [-0.05, 0) is 90.6 Å². The summed E-state index contributed by atoms with van der Waals surface area (Å²) in [5.41, 5.74) is 1.70. The molecular weight excluding hydrogens is 348 g/mol. The number of ketones is 1. The molecular formula is C25H34O3. The van der Waals surface area contributed by atoms with Crippen molar-refractivity contribution < 1.29 is 14.7 Å². The van der Waals surface area contributed by atoms with Crippen LogP contribution in [0.1, 0.15) is 59.8 Å². The van der Waals surface area contributed by atoms with E-state index in [-0.39, 0.29) is 11.2 Å². The fraction of sp³-hybridized carbons (Fsp3) is 0.760. The van der Waals surface area contributed by atoms with Crippen LogP contribution in [0.15, 0.2) is 23.8 Å². The Hall–Kier alpha value is -1.38. The highest BCUT2D eigenvalue weighted by Crippen LogP contribution is 2.77. The molecule has 5 aliphatic carbocycles. The number of allylic oxidation sites excluding steroid dienone is 4. The smallest absolute Gasteiger partial charge is 0.303 e. The lowest BCUT2D eigenvalue weighted by Gasteiger charge is -2.61. The van der Waals surface area contributed by atoms with E-state index in [0.717, 1.165) is 24.2 Å². The predicted octanol–water partition coefficient (Wildman–Crippen LogP) is 5.12. The molecule has 0 saturated heterocycles. The molecule has 0 aliphatic heterocycles. The summed E-state index contributed by atoms with van der Waals surface area (Å²) in [5, 5.41) is 9.26. The van der Waals surface area contributed by atoms with Crippen LogP contribution in [-0.2, 0) is 9.59 Å². The van der Waals surface area contributed by atoms with Gasteiger partial charge in [-0.1, -0.05) is 39.3 Å². The maximum atomic E-state index is 12.1. The van der Waals surface area contributed by atoms with Crippen LogP contribution < -0.4 is 0 Å². The lowest BCUT2D eigenvalue weighted by molar-refractivity contribution is -0.138. The molecule has 1 N–H and O–H groups in total. The normalized spacial score (nSPS) is 53.6. The van der Waals surface area contributed by atoms with Crippen LogP contribution in [0, 0.1) is 58.2 Å². The molecule has 28 heavy (non-hydrogen) atoms. The number of carbonyl (C=O) groups excluding carboxylic acids is 1. The quantitative estimate of drug-likeness (QED) is 0.737. The van der Waals surface area contributed by atoms with Crippen molar-refractivity contribution in [3.8, 4) is 0 Å². The van der Waals surface area contributed by atoms with Crippen LogP contribution in [0.25, 0.3) is 0 Å². The highest BCUT2D eigenvalue weighted by atomic mass is 16.4. The Morgan fingerprint density at radius 1 is 1.25 bits per heavy atom. The minimum absolute atomic E-state index is 0.0232. The molecule has 3 nitrogen and oxygen atoms in total. The fourth-order valence-corrected chi connectivity index (χ4v) is 8.82. The van der Waals surface area contributed by atoms with E-state index >= 15 is 0 Å². The maximum absolute atomic E-state index is 12.1. The molecule has 5 aliphatic rings. The summed E-state index contributed by atoms with van der Waals surface area (Å²) in [4.78, 5) is 23.4. The summed E-state index contributed by atoms with van der Waals surface area (Å²) in [6.45, 7) is 9.65. The second-order valence-electron chi connectivity index (χ2n) is 11.1. The standard InChI is InChI=1S/C25H34O3/c1-13-14(2)22-19(24(3)9-7-15(26)11-20(13)24)8-10-25(4)18(5-6-21(27)28)16-12-17(16)23(22)25/h7,9,11,13-14,16-19,22-23H,5-6,8,10,12H2,1-4H3,(H,27,28)/t13?,14?,16?,17?,18-,19?,22?,23?,24?,25?/m1/s1. The number of carbonyl (C=O) groups is 2. The van der Waals surface area contributed by atoms with Gasteiger partial charge in [0.25, 0.3) is 0 Å². The Kier molecular flexibility index (Phi) is 3.88. The topological polar surface area (TPSA) is 54.4 Å². The largest absolute Gasteiger partial charge is 0.481 e. The molecule has 9 unspecified atom stereocenters. The van der Waals surface area contributed by atoms with Crippen molar-refractivity contribution in [2.75, 3.05) is 0 Å². The highest BCUT2D eigenvalue weighted by Gasteiger charge is 2.70. The molecule has 0 amide bonds. The lowest BCUT2D eigenvalue weighted by Crippen LogP contribution is -2.55. The SMILES string of the molecule is CC1C2=CC(=O)C=CC2(C)C2CCC3(C)C(C4CC4[C@H]3CCC(=O)O)C2C1C. The number of rotatable bonds is 3. The van der Waals surface area contributed by atoms with E-state index in [1.54, 1.807) is 6.08 Å². The zero-order chi connectivity index (χ0) is 20.0. The van der Waals surface area contributed by atoms with Crippen molar-refractivity contribution in [3.05, 3.63) is 23.8 Å². The average molecular weight is 383 g/mol. The minimum atomic E-state index is -0.642. The van der Waals surface area contributed by atoms with Gasteiger partial charge >= 0.3 is 5.97 Å². The third-order valence-electron chi connectivity index (χ3n) is 10.2. The number of carboxylic acids is 1. The van der Waals surface area contributed by atoms with E-state index in [9.17, 15) is 14.7 Å². The molecule has 0 bridgehead atoms. The number of aliphatic carboxylic acids is 1. The van der Waals surface area contributed by atoms with Crippen LogP contribution >= 0.6 is 0 Å². The van der Waals surface area contributed by atoms with E-state index in [4.69, 9.17) is 0 Å². The molecule has 3 heteroatoms. The highest BCUT2D eigenvalue weighted by molar-refractivity contribution is 6.01. The lowest BCUT2D eigenvalue weighted by atomic mass is 9.43. The van der Waals surface area contributed by atoms with Gasteiger partial charge in [0.2, 0.25) is 0 Å². The van der Waals surface area contributed by atoms with Gasteiger partial charge in [-0.3, -0.25) is 9.59 Å². The molecule has 0 aromatic heterocycles. The van der Waals surface area contributed by atoms with Gasteiger partial charge in [0.05, 0.1) is 0 Å². The molecule has 4 fully saturated rings. The molecule has 152 valence electrons. The summed E-state index contributed by atoms with van der Waals surface area (Å²) in [6, 6.07) is 0. The monoisotopic (exact) mass is 382 g/mol. The Bertz CT molecular complexity index is 794. The van der Waals surface area contributed by atoms with E-state index in [0.29, 0.717) is 41.4 Å². The molecule has 0 aromatic carbocycles. The van der Waals surface area contributed by atoms with Crippen molar-refractivity contribution in [3.63, 3.8) is 0 Å². The van der Waals surface area contributed by atoms with Gasteiger partial charge in [-0.15, -0.1) is 0 Å². The van der Waals surface area contributed by atoms with Crippen molar-refractivity contribution in [2.24, 2.45) is 58.2 Å². The van der Waals surface area contributed by atoms with E-state index in [1.165, 1.54) is 24.8 Å². The van der Waals surface area contributed by atoms with Gasteiger partial charge < -0.3 is 5.11 Å². The van der Waals surface area contributed by atoms with E-state index < -0.39 is 5.97 Å². The average Bonchev–Trinajstić information content (AvgIpc) is 3.36. The zero-order valence-electron chi connectivity index (χ0n) is 17.7. The van der Waals surface area contributed by atoms with Crippen LogP contribution in [0.5, 0.6) is 0 Å². The molecule has 0 spiro atoms. The molecule has 0 heterocycles. The van der Waals surface area contributed by atoms with Gasteiger partial charge in [0.1, 0.15) is 0 Å². The second-order valence-corrected chi connectivity index (χ2v) is 11.1. The molecule has 4 saturated carbocycles. The number of fused-ring (bicyclic) bond motifs is 7. The maximum Gasteiger partial charge on any atom is 0.303 e. The number of carboxylic acid groups (broad SMARTS) is 1. The summed E-state index contributed by atoms with van der Waals surface area (Å²) >= 11 is 0. The van der Waals surface area contributed by atoms with Gasteiger partial charge in [-0.25, -0.2) is 0 Å². The van der Waals surface area contributed by atoms with Gasteiger partial charge in [-0.2, -0.15) is 0 Å². The Morgan fingerprint density at radius 3 is 2.71 bits per heavy atom. The van der Waals surface area contributed by atoms with Crippen molar-refractivity contribution in [1.82, 2.24) is 0 Å². The van der Waals surface area contributed by atoms with Gasteiger partial charge in [0, 0.05) is 11.8 Å². The first-order valence-corrected chi connectivity index (χ1v) is 11.4. The van der Waals surface area contributed by atoms with Gasteiger partial charge in [0.15, 0.2) is 5.78 Å². The first-order valence-electron chi connectivity index (χ1n) is 11.4. The van der Waals surface area contributed by atoms with E-state index in [1.807, 2.05) is 6.08 Å². The summed E-state index contributed by atoms with van der Waals surface area (Å²) in [7, 11) is 0. The van der Waals surface area contributed by atoms with Crippen molar-refractivity contribution in [2.45, 2.75) is 59.8 Å². The summed E-state index contributed by atoms with van der Waals surface area (Å²) in [6.07, 6.45) is 10.9. The van der Waals surface area contributed by atoms with Crippen LogP contribution in [-0.4, -0.2) is 16.9 Å². The fourth-order valence-electron chi connectivity index (χ4n) is 8.82. The van der Waals surface area contributed by atoms with Crippen molar-refractivity contribution >= 4 is 11.8 Å². The third-order valence-corrected chi connectivity index (χ3v) is 10.2. The summed E-state index contributed by atoms with van der Waals surface area (Å²) < 4.78 is 0. The Balaban J connectivity index is 1.52. The second kappa shape index (κ2) is 5.83. The van der Waals surface area contributed by atoms with Crippen LogP contribution in [0.4, 0.5) is 0 Å². The van der Waals surface area contributed by atoms with Crippen molar-refractivity contribution in [1.29, 1.82) is 0 Å². The van der Waals surface area contributed by atoms with Crippen LogP contribution in [0.3, 0.4) is 0 Å². The zero-order valence-corrected chi connectivity index (χ0v) is 17.7. The molecule has 5 rings (SSSR count). The molecule has 10 atom stereocenters. The van der Waals surface area contributed by atoms with E-state index in [2.05, 4.69) is 33.8 Å². The Labute approximate surface area is 168 Å². The number of hydrogen-bond acceptors (Lipinski definition) is 2. The minimum Gasteiger partial charge on any atom is -0.481 e. The molecule has 0 radical (unpaired) electrons. The predicted molar refractivity (Wildman–Crippen MR) is 108 cm³/mol.